The highest BCUT2D eigenvalue weighted by Crippen LogP contribution is 2.37. The Morgan fingerprint density at radius 1 is 0.625 bits per heavy atom. The van der Waals surface area contributed by atoms with Gasteiger partial charge < -0.3 is 9.31 Å². The van der Waals surface area contributed by atoms with Crippen molar-refractivity contribution in [3.05, 3.63) is 153 Å². The first kappa shape index (κ1) is 46.9. The molecule has 1 saturated heterocycles. The molecule has 330 valence electrons. The second-order valence-electron chi connectivity index (χ2n) is 16.4. The normalized spacial score (nSPS) is 14.4. The van der Waals surface area contributed by atoms with Gasteiger partial charge in [-0.15, -0.1) is 22.7 Å². The second-order valence-corrected chi connectivity index (χ2v) is 23.0. The van der Waals surface area contributed by atoms with Crippen molar-refractivity contribution in [3.8, 4) is 11.3 Å². The summed E-state index contributed by atoms with van der Waals surface area (Å²) in [5.41, 5.74) is 7.02. The van der Waals surface area contributed by atoms with Crippen molar-refractivity contribution in [2.24, 2.45) is 0 Å². The largest absolute Gasteiger partial charge is 0.494 e. The van der Waals surface area contributed by atoms with Crippen LogP contribution in [-0.4, -0.2) is 55.1 Å². The summed E-state index contributed by atoms with van der Waals surface area (Å²) in [5, 5.41) is 0.549. The van der Waals surface area contributed by atoms with Gasteiger partial charge in [0.1, 0.15) is 17.8 Å². The quantitative estimate of drug-likeness (QED) is 0.115. The Kier molecular flexibility index (Phi) is 13.8. The second kappa shape index (κ2) is 18.8. The lowest BCUT2D eigenvalue weighted by Crippen LogP contribution is -2.41. The number of aromatic nitrogens is 4. The minimum absolute atomic E-state index is 0.0281. The third kappa shape index (κ3) is 10.9. The Morgan fingerprint density at radius 2 is 1.12 bits per heavy atom. The van der Waals surface area contributed by atoms with E-state index in [1.807, 2.05) is 116 Å². The van der Waals surface area contributed by atoms with E-state index in [4.69, 9.17) is 20.9 Å². The first-order valence-corrected chi connectivity index (χ1v) is 25.4. The van der Waals surface area contributed by atoms with E-state index >= 15 is 0 Å². The smallest absolute Gasteiger partial charge is 0.399 e. The Balaban J connectivity index is 0.000000155. The maximum atomic E-state index is 12.6. The average molecular weight is 952 g/mol. The number of anilines is 1. The lowest BCUT2D eigenvalue weighted by molar-refractivity contribution is 0.00578. The summed E-state index contributed by atoms with van der Waals surface area (Å²) in [5.74, 6) is -0.0281. The Hall–Kier alpha value is -5.07. The van der Waals surface area contributed by atoms with Crippen LogP contribution in [0.5, 0.6) is 0 Å². The van der Waals surface area contributed by atoms with Gasteiger partial charge in [-0.2, -0.15) is 0 Å². The molecule has 0 radical (unpaired) electrons. The molecule has 11 nitrogen and oxygen atoms in total. The topological polar surface area (TPSA) is 150 Å². The first-order chi connectivity index (χ1) is 30.2. The standard InChI is InChI=1S/C20H25BO4S.C20H17N3O2S2.C7H5ClN2S/c1-15-6-12-18(13-7-15)26(22,23)14-16-8-10-17(11-9-16)21-24-19(2,3)20(4,5)25-21;1-13-3-9-17(10-4-13)27(24,25)23-16-7-5-15(6-8-16)19-20-18(21-12-22-19)11-14(2)26-20;1-4-2-5-6(11-4)7(8)10-3-9-5/h6-13H,14H2,1-5H3;3-12,23H,1-2H3;2-3H,1H3. The van der Waals surface area contributed by atoms with E-state index in [1.165, 1.54) is 16.1 Å². The molecule has 1 aliphatic heterocycles. The number of nitrogens with zero attached hydrogens (tertiary/aromatic N) is 4. The number of aryl methyl sites for hydroxylation is 4. The number of hydrogen-bond donors (Lipinski definition) is 1. The molecule has 5 heterocycles. The van der Waals surface area contributed by atoms with Crippen molar-refractivity contribution in [2.45, 2.75) is 82.1 Å². The first-order valence-electron chi connectivity index (χ1n) is 20.2. The number of fused-ring (bicyclic) bond motifs is 2. The molecule has 0 aliphatic carbocycles. The maximum absolute atomic E-state index is 12.6. The lowest BCUT2D eigenvalue weighted by atomic mass is 9.79. The summed E-state index contributed by atoms with van der Waals surface area (Å²) in [6.07, 6.45) is 3.04. The van der Waals surface area contributed by atoms with Crippen LogP contribution >= 0.6 is 34.3 Å². The lowest BCUT2D eigenvalue weighted by Gasteiger charge is -2.32. The molecule has 4 aromatic carbocycles. The van der Waals surface area contributed by atoms with Crippen molar-refractivity contribution >= 4 is 92.8 Å². The van der Waals surface area contributed by atoms with Crippen LogP contribution in [0, 0.1) is 27.7 Å². The molecular weight excluding hydrogens is 905 g/mol. The minimum Gasteiger partial charge on any atom is -0.399 e. The van der Waals surface area contributed by atoms with Gasteiger partial charge in [-0.1, -0.05) is 83.4 Å². The summed E-state index contributed by atoms with van der Waals surface area (Å²) < 4.78 is 66.9. The van der Waals surface area contributed by atoms with Gasteiger partial charge in [0.15, 0.2) is 9.84 Å². The van der Waals surface area contributed by atoms with Crippen LogP contribution in [0.4, 0.5) is 5.69 Å². The maximum Gasteiger partial charge on any atom is 0.494 e. The van der Waals surface area contributed by atoms with Crippen LogP contribution in [0.15, 0.2) is 132 Å². The van der Waals surface area contributed by atoms with Crippen LogP contribution in [0.1, 0.15) is 54.1 Å². The van der Waals surface area contributed by atoms with E-state index in [1.54, 1.807) is 77.5 Å². The molecule has 1 fully saturated rings. The number of benzene rings is 4. The highest BCUT2D eigenvalue weighted by molar-refractivity contribution is 7.92. The Labute approximate surface area is 388 Å². The number of sulfonamides is 1. The molecule has 17 heteroatoms. The molecule has 0 atom stereocenters. The molecule has 9 rings (SSSR count). The van der Waals surface area contributed by atoms with Crippen molar-refractivity contribution in [1.82, 2.24) is 19.9 Å². The predicted molar refractivity (Wildman–Crippen MR) is 261 cm³/mol. The van der Waals surface area contributed by atoms with Crippen molar-refractivity contribution in [3.63, 3.8) is 0 Å². The number of rotatable bonds is 8. The van der Waals surface area contributed by atoms with Crippen LogP contribution in [0.2, 0.25) is 5.15 Å². The van der Waals surface area contributed by atoms with Gasteiger partial charge in [0.2, 0.25) is 0 Å². The zero-order valence-corrected chi connectivity index (χ0v) is 40.6. The van der Waals surface area contributed by atoms with E-state index in [0.29, 0.717) is 15.7 Å². The average Bonchev–Trinajstić information content (AvgIpc) is 3.89. The monoisotopic (exact) mass is 951 g/mol. The molecule has 1 aliphatic rings. The summed E-state index contributed by atoms with van der Waals surface area (Å²) in [4.78, 5) is 19.6. The molecule has 8 aromatic rings. The Morgan fingerprint density at radius 3 is 1.67 bits per heavy atom. The molecule has 1 N–H and O–H groups in total. The van der Waals surface area contributed by atoms with E-state index in [0.717, 1.165) is 53.8 Å². The van der Waals surface area contributed by atoms with Gasteiger partial charge in [-0.05, 0) is 115 Å². The van der Waals surface area contributed by atoms with E-state index in [2.05, 4.69) is 24.7 Å². The molecule has 0 bridgehead atoms. The third-order valence-electron chi connectivity index (χ3n) is 10.8. The van der Waals surface area contributed by atoms with Gasteiger partial charge in [-0.3, -0.25) is 4.72 Å². The number of nitrogens with one attached hydrogen (secondary N) is 1. The van der Waals surface area contributed by atoms with Gasteiger partial charge in [0, 0.05) is 21.0 Å². The molecule has 0 saturated carbocycles. The van der Waals surface area contributed by atoms with Crippen LogP contribution < -0.4 is 10.2 Å². The van der Waals surface area contributed by atoms with Gasteiger partial charge in [0.25, 0.3) is 10.0 Å². The fraction of sp³-hybridized carbons (Fsp3) is 0.234. The van der Waals surface area contributed by atoms with Crippen LogP contribution in [0.25, 0.3) is 31.7 Å². The molecule has 0 spiro atoms. The number of thiophene rings is 2. The molecular formula is C47H47BClN5O6S4. The summed E-state index contributed by atoms with van der Waals surface area (Å²) in [6, 6.07) is 32.4. The molecule has 0 unspecified atom stereocenters. The highest BCUT2D eigenvalue weighted by atomic mass is 35.5. The molecule has 4 aromatic heterocycles. The highest BCUT2D eigenvalue weighted by Gasteiger charge is 2.51. The van der Waals surface area contributed by atoms with E-state index in [-0.39, 0.29) is 10.6 Å². The number of hydrogen-bond acceptors (Lipinski definition) is 12. The molecule has 0 amide bonds. The van der Waals surface area contributed by atoms with Gasteiger partial charge >= 0.3 is 7.12 Å². The predicted octanol–water partition coefficient (Wildman–Crippen LogP) is 10.7. The fourth-order valence-corrected chi connectivity index (χ4v) is 11.0. The van der Waals surface area contributed by atoms with Gasteiger partial charge in [-0.25, -0.2) is 36.8 Å². The van der Waals surface area contributed by atoms with Gasteiger partial charge in [0.05, 0.1) is 52.9 Å². The van der Waals surface area contributed by atoms with Crippen molar-refractivity contribution < 1.29 is 26.1 Å². The summed E-state index contributed by atoms with van der Waals surface area (Å²) in [6.45, 7) is 16.0. The minimum atomic E-state index is -3.61. The number of sulfone groups is 1. The van der Waals surface area contributed by atoms with E-state index < -0.39 is 38.2 Å². The number of halogens is 1. The van der Waals surface area contributed by atoms with Crippen LogP contribution in [0.3, 0.4) is 0 Å². The zero-order valence-electron chi connectivity index (χ0n) is 36.6. The summed E-state index contributed by atoms with van der Waals surface area (Å²) >= 11 is 9.10. The third-order valence-corrected chi connectivity index (χ3v) is 16.4. The van der Waals surface area contributed by atoms with Crippen molar-refractivity contribution in [2.75, 3.05) is 4.72 Å². The summed E-state index contributed by atoms with van der Waals surface area (Å²) in [7, 11) is -7.42. The van der Waals surface area contributed by atoms with Crippen LogP contribution in [-0.2, 0) is 34.9 Å². The fourth-order valence-electron chi connectivity index (χ4n) is 6.55. The van der Waals surface area contributed by atoms with E-state index in [9.17, 15) is 16.8 Å². The SMILES string of the molecule is Cc1cc2ncnc(Cl)c2s1.Cc1ccc(S(=O)(=O)Cc2ccc(B3OC(C)(C)C(C)(C)O3)cc2)cc1.Cc1ccc(S(=O)(=O)Nc2ccc(-c3ncnc4cc(C)sc34)cc2)cc1. The Bertz CT molecular complexity index is 3130. The molecule has 64 heavy (non-hydrogen) atoms. The zero-order chi connectivity index (χ0) is 46.0. The van der Waals surface area contributed by atoms with Crippen molar-refractivity contribution in [1.29, 1.82) is 0 Å².